The Morgan fingerprint density at radius 2 is 1.26 bits per heavy atom. The molecule has 0 radical (unpaired) electrons. The maximum Gasteiger partial charge on any atom is 2.00 e. The van der Waals surface area contributed by atoms with Crippen LogP contribution in [0.2, 0.25) is 0 Å². The van der Waals surface area contributed by atoms with Gasteiger partial charge in [-0.25, -0.2) is 9.97 Å². The third kappa shape index (κ3) is 13.2. The van der Waals surface area contributed by atoms with Crippen LogP contribution in [-0.2, 0) is 19.5 Å². The van der Waals surface area contributed by atoms with E-state index in [4.69, 9.17) is 0 Å². The second kappa shape index (κ2) is 17.7. The van der Waals surface area contributed by atoms with Gasteiger partial charge in [0.15, 0.2) is 0 Å². The minimum Gasteiger partial charge on any atom is -1.00 e. The van der Waals surface area contributed by atoms with Gasteiger partial charge in [0.05, 0.1) is 12.7 Å². The molecule has 7 heteroatoms. The summed E-state index contributed by atoms with van der Waals surface area (Å²) in [5.41, 5.74) is 2.76. The zero-order valence-corrected chi connectivity index (χ0v) is 19.1. The molecule has 0 saturated carbocycles. The van der Waals surface area contributed by atoms with E-state index in [1.54, 1.807) is 46.6 Å². The second-order valence-electron chi connectivity index (χ2n) is 5.45. The Morgan fingerprint density at radius 3 is 1.48 bits per heavy atom. The van der Waals surface area contributed by atoms with Crippen molar-refractivity contribution < 1.29 is 44.3 Å². The first kappa shape index (κ1) is 30.1. The molecule has 0 atom stereocenters. The fraction of sp³-hybridized carbons (Fsp3) is 0.200. The number of halogens is 2. The molecule has 4 nitrogen and oxygen atoms in total. The Balaban J connectivity index is -0.000000309. The van der Waals surface area contributed by atoms with Gasteiger partial charge >= 0.3 is 19.5 Å². The van der Waals surface area contributed by atoms with Crippen molar-refractivity contribution in [3.8, 4) is 0 Å². The topological polar surface area (TPSA) is 35.6 Å². The predicted octanol–water partition coefficient (Wildman–Crippen LogP) is -0.909. The van der Waals surface area contributed by atoms with Gasteiger partial charge in [-0.2, -0.15) is 0 Å². The zero-order chi connectivity index (χ0) is 17.8. The first-order valence-electron chi connectivity index (χ1n) is 7.83. The Morgan fingerprint density at radius 1 is 0.852 bits per heavy atom. The molecule has 27 heavy (non-hydrogen) atoms. The summed E-state index contributed by atoms with van der Waals surface area (Å²) < 4.78 is 3.56. The molecule has 0 N–H and O–H groups in total. The van der Waals surface area contributed by atoms with Crippen molar-refractivity contribution in [3.63, 3.8) is 0 Å². The normalized spacial score (nSPS) is 8.30. The molecule has 1 aromatic carbocycles. The number of aromatic nitrogens is 4. The molecule has 0 saturated heterocycles. The van der Waals surface area contributed by atoms with Crippen molar-refractivity contribution in [2.45, 2.75) is 26.7 Å². The van der Waals surface area contributed by atoms with E-state index in [1.165, 1.54) is 11.1 Å². The van der Waals surface area contributed by atoms with Crippen molar-refractivity contribution in [1.29, 1.82) is 0 Å². The van der Waals surface area contributed by atoms with E-state index in [1.807, 2.05) is 12.4 Å². The Bertz CT molecular complexity index is 656. The van der Waals surface area contributed by atoms with Crippen molar-refractivity contribution in [3.05, 3.63) is 86.0 Å². The SMILES string of the molecule is C=Cn1ccnc1.C=Cn1ccnc1.Cc1ccc(C(C)C)cc1.[Cl-].[Cl-].[Ru+2]. The van der Waals surface area contributed by atoms with Crippen LogP contribution in [0.25, 0.3) is 12.4 Å². The Hall–Kier alpha value is -1.68. The standard InChI is InChI=1S/C10H14.2C5H6N2.2ClH.Ru/c1-8(2)10-6-4-9(3)5-7-10;2*1-2-7-4-3-6-5-7;;;/h4-8H,1-3H3;2*2-5H,1H2;2*1H;/q;;;;;+2/p-2. The van der Waals surface area contributed by atoms with Gasteiger partial charge in [-0.15, -0.1) is 0 Å². The maximum absolute atomic E-state index is 3.78. The van der Waals surface area contributed by atoms with Crippen LogP contribution in [0.3, 0.4) is 0 Å². The Labute approximate surface area is 188 Å². The van der Waals surface area contributed by atoms with Gasteiger partial charge < -0.3 is 33.9 Å². The number of nitrogens with zero attached hydrogens (tertiary/aromatic N) is 4. The van der Waals surface area contributed by atoms with Crippen molar-refractivity contribution in [2.24, 2.45) is 0 Å². The summed E-state index contributed by atoms with van der Waals surface area (Å²) in [7, 11) is 0. The third-order valence-electron chi connectivity index (χ3n) is 3.22. The van der Waals surface area contributed by atoms with E-state index in [2.05, 4.69) is 68.2 Å². The molecule has 0 bridgehead atoms. The minimum atomic E-state index is 0. The summed E-state index contributed by atoms with van der Waals surface area (Å²) in [5, 5.41) is 0. The van der Waals surface area contributed by atoms with Crippen molar-refractivity contribution in [1.82, 2.24) is 19.1 Å². The fourth-order valence-electron chi connectivity index (χ4n) is 1.71. The molecule has 0 amide bonds. The summed E-state index contributed by atoms with van der Waals surface area (Å²) in [4.78, 5) is 7.57. The molecular formula is C20H26Cl2N4Ru. The predicted molar refractivity (Wildman–Crippen MR) is 102 cm³/mol. The molecule has 3 aromatic rings. The van der Waals surface area contributed by atoms with Gasteiger partial charge in [0.2, 0.25) is 0 Å². The quantitative estimate of drug-likeness (QED) is 0.443. The van der Waals surface area contributed by atoms with Crippen LogP contribution in [0.15, 0.2) is 74.9 Å². The van der Waals surface area contributed by atoms with Crippen LogP contribution in [-0.4, -0.2) is 19.1 Å². The molecule has 0 unspecified atom stereocenters. The summed E-state index contributed by atoms with van der Waals surface area (Å²) in [6, 6.07) is 8.71. The van der Waals surface area contributed by atoms with E-state index in [0.29, 0.717) is 5.92 Å². The third-order valence-corrected chi connectivity index (χ3v) is 3.22. The van der Waals surface area contributed by atoms with Crippen LogP contribution in [0.5, 0.6) is 0 Å². The van der Waals surface area contributed by atoms with E-state index in [9.17, 15) is 0 Å². The molecule has 0 aliphatic rings. The monoisotopic (exact) mass is 494 g/mol. The molecule has 3 rings (SSSR count). The number of hydrogen-bond donors (Lipinski definition) is 0. The molecule has 0 spiro atoms. The van der Waals surface area contributed by atoms with Crippen molar-refractivity contribution >= 4 is 12.4 Å². The van der Waals surface area contributed by atoms with E-state index in [0.717, 1.165) is 0 Å². The van der Waals surface area contributed by atoms with Gasteiger partial charge in [-0.05, 0) is 18.4 Å². The number of benzene rings is 1. The molecule has 2 aromatic heterocycles. The summed E-state index contributed by atoms with van der Waals surface area (Å²) in [6.07, 6.45) is 13.8. The smallest absolute Gasteiger partial charge is 1.00 e. The summed E-state index contributed by atoms with van der Waals surface area (Å²) in [6.45, 7) is 13.6. The van der Waals surface area contributed by atoms with Gasteiger partial charge in [0, 0.05) is 37.2 Å². The van der Waals surface area contributed by atoms with Gasteiger partial charge in [0.25, 0.3) is 0 Å². The number of rotatable bonds is 3. The van der Waals surface area contributed by atoms with Crippen LogP contribution < -0.4 is 24.8 Å². The van der Waals surface area contributed by atoms with E-state index in [-0.39, 0.29) is 44.3 Å². The van der Waals surface area contributed by atoms with Crippen LogP contribution in [0.4, 0.5) is 0 Å². The number of aryl methyl sites for hydroxylation is 1. The van der Waals surface area contributed by atoms with Crippen molar-refractivity contribution in [2.75, 3.05) is 0 Å². The van der Waals surface area contributed by atoms with E-state index >= 15 is 0 Å². The Kier molecular flexibility index (Phi) is 19.7. The molecule has 2 heterocycles. The second-order valence-corrected chi connectivity index (χ2v) is 5.45. The van der Waals surface area contributed by atoms with Crippen LogP contribution in [0, 0.1) is 6.92 Å². The zero-order valence-electron chi connectivity index (χ0n) is 15.8. The first-order chi connectivity index (χ1) is 11.6. The van der Waals surface area contributed by atoms with E-state index < -0.39 is 0 Å². The summed E-state index contributed by atoms with van der Waals surface area (Å²) >= 11 is 0. The summed E-state index contributed by atoms with van der Waals surface area (Å²) in [5.74, 6) is 0.653. The fourth-order valence-corrected chi connectivity index (χ4v) is 1.71. The first-order valence-corrected chi connectivity index (χ1v) is 7.83. The average Bonchev–Trinajstić information content (AvgIpc) is 3.30. The van der Waals surface area contributed by atoms with Gasteiger partial charge in [-0.3, -0.25) is 0 Å². The van der Waals surface area contributed by atoms with Crippen LogP contribution in [0.1, 0.15) is 30.9 Å². The molecule has 148 valence electrons. The van der Waals surface area contributed by atoms with Crippen LogP contribution >= 0.6 is 0 Å². The maximum atomic E-state index is 3.78. The largest absolute Gasteiger partial charge is 2.00 e. The molecular weight excluding hydrogens is 468 g/mol. The molecule has 0 fully saturated rings. The number of hydrogen-bond acceptors (Lipinski definition) is 2. The molecule has 0 aliphatic heterocycles. The number of imidazole rings is 2. The van der Waals surface area contributed by atoms with Gasteiger partial charge in [0.1, 0.15) is 0 Å². The average molecular weight is 494 g/mol. The minimum absolute atomic E-state index is 0. The molecule has 0 aliphatic carbocycles. The van der Waals surface area contributed by atoms with Gasteiger partial charge in [-0.1, -0.05) is 56.8 Å².